The predicted octanol–water partition coefficient (Wildman–Crippen LogP) is 2.51. The molecule has 0 spiro atoms. The fraction of sp³-hybridized carbons (Fsp3) is 0.167. The minimum Gasteiger partial charge on any atom is -0.507 e. The number of phenols is 1. The van der Waals surface area contributed by atoms with Gasteiger partial charge in [0.25, 0.3) is 0 Å². The lowest BCUT2D eigenvalue weighted by atomic mass is 10.1. The van der Waals surface area contributed by atoms with Crippen molar-refractivity contribution in [1.82, 2.24) is 0 Å². The van der Waals surface area contributed by atoms with E-state index in [-0.39, 0.29) is 0 Å². The molecule has 14 heavy (non-hydrogen) atoms. The molecule has 0 unspecified atom stereocenters. The molecule has 0 aliphatic heterocycles. The monoisotopic (exact) mass is 189 g/mol. The first-order valence-electron chi connectivity index (χ1n) is 4.66. The fourth-order valence-corrected chi connectivity index (χ4v) is 1.21. The number of hydrogen-bond donors (Lipinski definition) is 2. The number of phenolic OH excluding ortho intramolecular Hbond substituents is 1. The second kappa shape index (κ2) is 5.25. The number of rotatable bonds is 0. The zero-order valence-corrected chi connectivity index (χ0v) is 8.27. The Kier molecular flexibility index (Phi) is 3.95. The van der Waals surface area contributed by atoms with Crippen molar-refractivity contribution in [3.05, 3.63) is 42.5 Å². The Morgan fingerprint density at radius 2 is 1.64 bits per heavy atom. The van der Waals surface area contributed by atoms with E-state index in [1.807, 2.05) is 43.3 Å². The minimum atomic E-state index is 0.350. The van der Waals surface area contributed by atoms with E-state index in [1.54, 1.807) is 6.07 Å². The lowest BCUT2D eigenvalue weighted by molar-refractivity contribution is 0.481. The molecule has 2 aromatic carbocycles. The van der Waals surface area contributed by atoms with Crippen LogP contribution in [0.3, 0.4) is 0 Å². The molecule has 2 nitrogen and oxygen atoms in total. The van der Waals surface area contributed by atoms with Gasteiger partial charge in [0.2, 0.25) is 0 Å². The van der Waals surface area contributed by atoms with Gasteiger partial charge in [-0.05, 0) is 18.0 Å². The van der Waals surface area contributed by atoms with Crippen molar-refractivity contribution >= 4 is 10.8 Å². The van der Waals surface area contributed by atoms with Gasteiger partial charge in [0.15, 0.2) is 0 Å². The average Bonchev–Trinajstić information content (AvgIpc) is 2.20. The van der Waals surface area contributed by atoms with Crippen LogP contribution in [0.5, 0.6) is 5.75 Å². The molecule has 2 rings (SSSR count). The van der Waals surface area contributed by atoms with Gasteiger partial charge in [-0.3, -0.25) is 0 Å². The molecule has 2 heteroatoms. The Morgan fingerprint density at radius 1 is 1.07 bits per heavy atom. The summed E-state index contributed by atoms with van der Waals surface area (Å²) in [6.45, 7) is 2.65. The summed E-state index contributed by atoms with van der Waals surface area (Å²) in [6.07, 6.45) is 0. The molecule has 0 fully saturated rings. The summed E-state index contributed by atoms with van der Waals surface area (Å²) in [5.74, 6) is 0.350. The van der Waals surface area contributed by atoms with Crippen LogP contribution in [0.4, 0.5) is 0 Å². The standard InChI is InChI=1S/C10H8O.C2H7N/c11-10-7-3-5-8-4-1-2-6-9(8)10;1-2-3/h1-7,11H;2-3H2,1H3. The van der Waals surface area contributed by atoms with E-state index >= 15 is 0 Å². The molecule has 0 heterocycles. The molecule has 74 valence electrons. The maximum atomic E-state index is 9.37. The highest BCUT2D eigenvalue weighted by Crippen LogP contribution is 2.22. The zero-order chi connectivity index (χ0) is 10.4. The van der Waals surface area contributed by atoms with E-state index in [0.29, 0.717) is 5.75 Å². The van der Waals surface area contributed by atoms with E-state index in [2.05, 4.69) is 0 Å². The van der Waals surface area contributed by atoms with Gasteiger partial charge in [-0.1, -0.05) is 43.3 Å². The van der Waals surface area contributed by atoms with Crippen molar-refractivity contribution in [1.29, 1.82) is 0 Å². The minimum absolute atomic E-state index is 0.350. The Hall–Kier alpha value is -1.54. The number of hydrogen-bond acceptors (Lipinski definition) is 2. The smallest absolute Gasteiger partial charge is 0.123 e. The van der Waals surface area contributed by atoms with E-state index in [1.165, 1.54) is 0 Å². The maximum Gasteiger partial charge on any atom is 0.123 e. The molecular formula is C12H15NO. The Morgan fingerprint density at radius 3 is 2.29 bits per heavy atom. The van der Waals surface area contributed by atoms with Crippen LogP contribution in [0, 0.1) is 0 Å². The van der Waals surface area contributed by atoms with E-state index in [0.717, 1.165) is 17.3 Å². The van der Waals surface area contributed by atoms with Gasteiger partial charge in [0.1, 0.15) is 5.75 Å². The summed E-state index contributed by atoms with van der Waals surface area (Å²) in [4.78, 5) is 0. The van der Waals surface area contributed by atoms with Gasteiger partial charge < -0.3 is 10.8 Å². The second-order valence-electron chi connectivity index (χ2n) is 2.91. The molecule has 0 bridgehead atoms. The van der Waals surface area contributed by atoms with Crippen molar-refractivity contribution < 1.29 is 5.11 Å². The first-order valence-corrected chi connectivity index (χ1v) is 4.66. The lowest BCUT2D eigenvalue weighted by Gasteiger charge is -1.97. The topological polar surface area (TPSA) is 46.2 Å². The third-order valence-electron chi connectivity index (χ3n) is 1.77. The Labute approximate surface area is 84.0 Å². The van der Waals surface area contributed by atoms with Crippen LogP contribution in [-0.2, 0) is 0 Å². The van der Waals surface area contributed by atoms with E-state index < -0.39 is 0 Å². The van der Waals surface area contributed by atoms with Crippen LogP contribution >= 0.6 is 0 Å². The number of fused-ring (bicyclic) bond motifs is 1. The molecule has 0 radical (unpaired) electrons. The fourth-order valence-electron chi connectivity index (χ4n) is 1.21. The third kappa shape index (κ3) is 2.47. The summed E-state index contributed by atoms with van der Waals surface area (Å²) in [5, 5.41) is 11.4. The zero-order valence-electron chi connectivity index (χ0n) is 8.27. The third-order valence-corrected chi connectivity index (χ3v) is 1.77. The summed E-state index contributed by atoms with van der Waals surface area (Å²) >= 11 is 0. The number of aromatic hydroxyl groups is 1. The molecule has 0 aliphatic carbocycles. The maximum absolute atomic E-state index is 9.37. The van der Waals surface area contributed by atoms with Gasteiger partial charge in [-0.25, -0.2) is 0 Å². The number of benzene rings is 2. The normalized spacial score (nSPS) is 9.29. The van der Waals surface area contributed by atoms with Crippen molar-refractivity contribution in [2.24, 2.45) is 5.73 Å². The van der Waals surface area contributed by atoms with Gasteiger partial charge in [-0.15, -0.1) is 0 Å². The summed E-state index contributed by atoms with van der Waals surface area (Å²) in [5.41, 5.74) is 4.85. The summed E-state index contributed by atoms with van der Waals surface area (Å²) < 4.78 is 0. The van der Waals surface area contributed by atoms with Gasteiger partial charge >= 0.3 is 0 Å². The molecule has 2 aromatic rings. The predicted molar refractivity (Wildman–Crippen MR) is 60.3 cm³/mol. The number of nitrogens with two attached hydrogens (primary N) is 1. The molecule has 0 saturated carbocycles. The SMILES string of the molecule is CCN.Oc1cccc2ccccc12. The largest absolute Gasteiger partial charge is 0.507 e. The van der Waals surface area contributed by atoms with Gasteiger partial charge in [-0.2, -0.15) is 0 Å². The highest BCUT2D eigenvalue weighted by molar-refractivity contribution is 5.87. The van der Waals surface area contributed by atoms with Crippen molar-refractivity contribution in [3.63, 3.8) is 0 Å². The Bertz CT molecular complexity index is 393. The van der Waals surface area contributed by atoms with E-state index in [4.69, 9.17) is 5.73 Å². The van der Waals surface area contributed by atoms with Crippen molar-refractivity contribution in [2.45, 2.75) is 6.92 Å². The molecule has 0 atom stereocenters. The first-order chi connectivity index (χ1) is 6.79. The van der Waals surface area contributed by atoms with Crippen LogP contribution in [0.2, 0.25) is 0 Å². The van der Waals surface area contributed by atoms with Crippen LogP contribution in [0.1, 0.15) is 6.92 Å². The molecule has 0 saturated heterocycles. The highest BCUT2D eigenvalue weighted by Gasteiger charge is 1.94. The molecule has 0 aromatic heterocycles. The van der Waals surface area contributed by atoms with Crippen LogP contribution < -0.4 is 5.73 Å². The average molecular weight is 189 g/mol. The van der Waals surface area contributed by atoms with Crippen molar-refractivity contribution in [2.75, 3.05) is 6.54 Å². The van der Waals surface area contributed by atoms with Gasteiger partial charge in [0.05, 0.1) is 0 Å². The first kappa shape index (κ1) is 10.5. The summed E-state index contributed by atoms with van der Waals surface area (Å²) in [7, 11) is 0. The van der Waals surface area contributed by atoms with Gasteiger partial charge in [0, 0.05) is 5.39 Å². The van der Waals surface area contributed by atoms with Crippen molar-refractivity contribution in [3.8, 4) is 5.75 Å². The van der Waals surface area contributed by atoms with Crippen LogP contribution in [0.15, 0.2) is 42.5 Å². The molecule has 3 N–H and O–H groups in total. The van der Waals surface area contributed by atoms with E-state index in [9.17, 15) is 5.11 Å². The van der Waals surface area contributed by atoms with Crippen LogP contribution in [-0.4, -0.2) is 11.7 Å². The summed E-state index contributed by atoms with van der Waals surface area (Å²) in [6, 6.07) is 13.3. The highest BCUT2D eigenvalue weighted by atomic mass is 16.3. The molecular weight excluding hydrogens is 174 g/mol. The molecule has 0 amide bonds. The molecule has 0 aliphatic rings. The Balaban J connectivity index is 0.000000293. The van der Waals surface area contributed by atoms with Crippen LogP contribution in [0.25, 0.3) is 10.8 Å². The lowest BCUT2D eigenvalue weighted by Crippen LogP contribution is -1.87. The second-order valence-corrected chi connectivity index (χ2v) is 2.91. The quantitative estimate of drug-likeness (QED) is 0.669.